The number of benzene rings is 1. The number of anilines is 1. The second-order valence-electron chi connectivity index (χ2n) is 7.54. The molecule has 0 radical (unpaired) electrons. The monoisotopic (exact) mass is 440 g/mol. The van der Waals surface area contributed by atoms with Crippen molar-refractivity contribution in [2.75, 3.05) is 12.3 Å². The van der Waals surface area contributed by atoms with Crippen molar-refractivity contribution in [3.05, 3.63) is 53.3 Å². The Bertz CT molecular complexity index is 1120. The lowest BCUT2D eigenvalue weighted by Crippen LogP contribution is -2.24. The number of halogens is 1. The molecule has 156 valence electrons. The Kier molecular flexibility index (Phi) is 6.41. The molecule has 0 spiro atoms. The van der Waals surface area contributed by atoms with E-state index in [-0.39, 0.29) is 0 Å². The van der Waals surface area contributed by atoms with Crippen LogP contribution in [0.4, 0.5) is 5.82 Å². The van der Waals surface area contributed by atoms with Gasteiger partial charge in [0.15, 0.2) is 22.1 Å². The third kappa shape index (κ3) is 4.69. The molecule has 0 unspecified atom stereocenters. The van der Waals surface area contributed by atoms with Crippen LogP contribution in [0.3, 0.4) is 0 Å². The Morgan fingerprint density at radius 1 is 1.27 bits per heavy atom. The van der Waals surface area contributed by atoms with Crippen molar-refractivity contribution >= 4 is 45.9 Å². The van der Waals surface area contributed by atoms with E-state index >= 15 is 0 Å². The molecule has 30 heavy (non-hydrogen) atoms. The minimum absolute atomic E-state index is 0.398. The van der Waals surface area contributed by atoms with Crippen LogP contribution < -0.4 is 11.1 Å². The molecule has 0 atom stereocenters. The van der Waals surface area contributed by atoms with Gasteiger partial charge in [-0.05, 0) is 48.7 Å². The molecule has 0 saturated heterocycles. The van der Waals surface area contributed by atoms with Gasteiger partial charge in [-0.3, -0.25) is 0 Å². The van der Waals surface area contributed by atoms with E-state index in [0.717, 1.165) is 47.2 Å². The second-order valence-corrected chi connectivity index (χ2v) is 9.02. The highest BCUT2D eigenvalue weighted by atomic mass is 35.5. The van der Waals surface area contributed by atoms with E-state index in [4.69, 9.17) is 22.3 Å². The van der Waals surface area contributed by atoms with E-state index < -0.39 is 0 Å². The van der Waals surface area contributed by atoms with Crippen molar-refractivity contribution in [1.82, 2.24) is 24.8 Å². The summed E-state index contributed by atoms with van der Waals surface area (Å²) in [6.07, 6.45) is 9.74. The summed E-state index contributed by atoms with van der Waals surface area (Å²) < 4.78 is 2.12. The van der Waals surface area contributed by atoms with Crippen LogP contribution in [-0.2, 0) is 6.54 Å². The van der Waals surface area contributed by atoms with E-state index in [2.05, 4.69) is 58.0 Å². The van der Waals surface area contributed by atoms with Gasteiger partial charge in [0.25, 0.3) is 0 Å². The smallest absolute Gasteiger partial charge is 0.175 e. The Labute approximate surface area is 185 Å². The highest BCUT2D eigenvalue weighted by Crippen LogP contribution is 2.35. The molecule has 0 amide bonds. The molecule has 4 rings (SSSR count). The minimum atomic E-state index is 0.398. The molecule has 0 aliphatic heterocycles. The molecule has 1 aliphatic rings. The fraction of sp³-hybridized carbons (Fsp3) is 0.318. The van der Waals surface area contributed by atoms with Crippen molar-refractivity contribution < 1.29 is 0 Å². The Morgan fingerprint density at radius 2 is 2.13 bits per heavy atom. The lowest BCUT2D eigenvalue weighted by Gasteiger charge is -2.11. The summed E-state index contributed by atoms with van der Waals surface area (Å²) in [5.74, 6) is 0.398. The zero-order valence-electron chi connectivity index (χ0n) is 17.1. The third-order valence-electron chi connectivity index (χ3n) is 4.86. The number of hydrogen-bond acceptors (Lipinski definition) is 6. The summed E-state index contributed by atoms with van der Waals surface area (Å²) in [4.78, 5) is 14.4. The zero-order chi connectivity index (χ0) is 21.1. The molecule has 0 fully saturated rings. The number of fused-ring (bicyclic) bond motifs is 1. The number of nitrogens with two attached hydrogens (primary N) is 1. The van der Waals surface area contributed by atoms with Crippen molar-refractivity contribution in [3.63, 3.8) is 0 Å². The summed E-state index contributed by atoms with van der Waals surface area (Å²) >= 11 is 8.01. The van der Waals surface area contributed by atoms with E-state index in [1.54, 1.807) is 11.8 Å². The van der Waals surface area contributed by atoms with Gasteiger partial charge in [-0.1, -0.05) is 55.4 Å². The van der Waals surface area contributed by atoms with Crippen LogP contribution in [0.2, 0.25) is 5.02 Å². The van der Waals surface area contributed by atoms with Crippen LogP contribution in [0.25, 0.3) is 16.7 Å². The fourth-order valence-corrected chi connectivity index (χ4v) is 4.72. The largest absolute Gasteiger partial charge is 0.382 e. The summed E-state index contributed by atoms with van der Waals surface area (Å²) in [5.41, 5.74) is 9.88. The van der Waals surface area contributed by atoms with Gasteiger partial charge in [0.2, 0.25) is 0 Å². The first-order chi connectivity index (χ1) is 14.5. The molecule has 3 aromatic rings. The van der Waals surface area contributed by atoms with E-state index in [0.29, 0.717) is 22.4 Å². The number of aryl methyl sites for hydroxylation is 1. The van der Waals surface area contributed by atoms with Gasteiger partial charge in [-0.25, -0.2) is 15.0 Å². The number of imidazole rings is 1. The predicted molar refractivity (Wildman–Crippen MR) is 125 cm³/mol. The van der Waals surface area contributed by atoms with Crippen molar-refractivity contribution in [3.8, 4) is 0 Å². The molecule has 6 nitrogen and oxygen atoms in total. The normalized spacial score (nSPS) is 13.5. The number of rotatable bonds is 8. The molecule has 1 aliphatic carbocycles. The Morgan fingerprint density at radius 3 is 2.90 bits per heavy atom. The highest BCUT2D eigenvalue weighted by molar-refractivity contribution is 7.99. The molecule has 2 heterocycles. The molecular weight excluding hydrogens is 416 g/mol. The average Bonchev–Trinajstić information content (AvgIpc) is 3.34. The van der Waals surface area contributed by atoms with Gasteiger partial charge in [0.05, 0.1) is 0 Å². The summed E-state index contributed by atoms with van der Waals surface area (Å²) in [7, 11) is 0. The Balaban J connectivity index is 1.65. The molecular formula is C22H25ClN6S. The lowest BCUT2D eigenvalue weighted by molar-refractivity contribution is 0.525. The molecule has 0 saturated carbocycles. The first kappa shape index (κ1) is 20.9. The van der Waals surface area contributed by atoms with Gasteiger partial charge in [-0.2, -0.15) is 0 Å². The number of allylic oxidation sites excluding steroid dienone is 4. The number of aromatic nitrogens is 4. The number of nitrogen functional groups attached to an aromatic ring is 1. The van der Waals surface area contributed by atoms with Gasteiger partial charge >= 0.3 is 0 Å². The lowest BCUT2D eigenvalue weighted by atomic mass is 10.1. The molecule has 1 aromatic carbocycles. The van der Waals surface area contributed by atoms with Gasteiger partial charge in [-0.15, -0.1) is 0 Å². The molecule has 8 heteroatoms. The predicted octanol–water partition coefficient (Wildman–Crippen LogP) is 4.94. The highest BCUT2D eigenvalue weighted by Gasteiger charge is 2.17. The topological polar surface area (TPSA) is 81.7 Å². The van der Waals surface area contributed by atoms with Crippen molar-refractivity contribution in [2.24, 2.45) is 0 Å². The van der Waals surface area contributed by atoms with Crippen LogP contribution in [0.5, 0.6) is 0 Å². The maximum Gasteiger partial charge on any atom is 0.175 e. The first-order valence-corrected chi connectivity index (χ1v) is 11.3. The van der Waals surface area contributed by atoms with E-state index in [1.807, 2.05) is 12.1 Å². The molecule has 3 N–H and O–H groups in total. The molecule has 0 bridgehead atoms. The Hall–Kier alpha value is -2.35. The molecule has 2 aromatic heterocycles. The van der Waals surface area contributed by atoms with Gasteiger partial charge < -0.3 is 15.6 Å². The van der Waals surface area contributed by atoms with Gasteiger partial charge in [0.1, 0.15) is 6.33 Å². The van der Waals surface area contributed by atoms with E-state index in [1.165, 1.54) is 11.9 Å². The van der Waals surface area contributed by atoms with Crippen LogP contribution in [0.1, 0.15) is 32.3 Å². The van der Waals surface area contributed by atoms with Crippen LogP contribution in [0.15, 0.2) is 52.8 Å². The van der Waals surface area contributed by atoms with Crippen LogP contribution in [-0.4, -0.2) is 32.1 Å². The fourth-order valence-electron chi connectivity index (χ4n) is 3.42. The van der Waals surface area contributed by atoms with Crippen LogP contribution in [0, 0.1) is 0 Å². The van der Waals surface area contributed by atoms with Crippen molar-refractivity contribution in [2.45, 2.75) is 49.3 Å². The minimum Gasteiger partial charge on any atom is -0.382 e. The first-order valence-electron chi connectivity index (χ1n) is 10.1. The van der Waals surface area contributed by atoms with Crippen LogP contribution >= 0.6 is 23.4 Å². The number of nitrogens with zero attached hydrogens (tertiary/aromatic N) is 4. The standard InChI is InChI=1S/C22H25ClN6S/c1-14(2)25-8-5-9-29-21-19(20(24)26-13-27-21)28-22(29)30-18-11-16(10-17(23)12-18)15-6-3-4-7-15/h3-4,6,10-14,25H,5,7-9H2,1-2H3,(H2,24,26,27). The van der Waals surface area contributed by atoms with Gasteiger partial charge in [0, 0.05) is 22.5 Å². The summed E-state index contributed by atoms with van der Waals surface area (Å²) in [6.45, 7) is 6.00. The average molecular weight is 441 g/mol. The maximum atomic E-state index is 6.43. The maximum absolute atomic E-state index is 6.43. The van der Waals surface area contributed by atoms with E-state index in [9.17, 15) is 0 Å². The number of hydrogen-bond donors (Lipinski definition) is 2. The third-order valence-corrected chi connectivity index (χ3v) is 6.04. The SMILES string of the molecule is CC(C)NCCCn1c(Sc2cc(Cl)cc(C3=CC=CC3)c2)nc2c(N)ncnc21. The summed E-state index contributed by atoms with van der Waals surface area (Å²) in [6, 6.07) is 6.60. The quantitative estimate of drug-likeness (QED) is 0.482. The second kappa shape index (κ2) is 9.20. The summed E-state index contributed by atoms with van der Waals surface area (Å²) in [5, 5.41) is 5.01. The zero-order valence-corrected chi connectivity index (χ0v) is 18.7. The van der Waals surface area contributed by atoms with Crippen molar-refractivity contribution in [1.29, 1.82) is 0 Å². The number of nitrogens with one attached hydrogen (secondary N) is 1.